The van der Waals surface area contributed by atoms with E-state index in [0.717, 1.165) is 6.42 Å². The molecule has 3 rings (SSSR count). The molecule has 96 valence electrons. The number of hydrogen-bond acceptors (Lipinski definition) is 1. The van der Waals surface area contributed by atoms with Crippen LogP contribution in [-0.4, -0.2) is 12.1 Å². The average molecular weight is 252 g/mol. The van der Waals surface area contributed by atoms with Gasteiger partial charge >= 0.3 is 6.03 Å². The molecule has 3 heteroatoms. The summed E-state index contributed by atoms with van der Waals surface area (Å²) in [6.07, 6.45) is 0.893. The highest BCUT2D eigenvalue weighted by molar-refractivity contribution is 5.73. The fraction of sp³-hybridized carbons (Fsp3) is 0.188. The molecule has 0 bridgehead atoms. The minimum atomic E-state index is -0.460. The van der Waals surface area contributed by atoms with E-state index in [1.807, 2.05) is 36.4 Å². The van der Waals surface area contributed by atoms with Crippen LogP contribution in [0.5, 0.6) is 0 Å². The Hall–Kier alpha value is -2.29. The predicted molar refractivity (Wildman–Crippen MR) is 74.8 cm³/mol. The molecule has 0 aromatic heterocycles. The number of urea groups is 1. The van der Waals surface area contributed by atoms with Gasteiger partial charge in [-0.3, -0.25) is 0 Å². The zero-order valence-corrected chi connectivity index (χ0v) is 10.5. The number of primary amides is 1. The molecule has 0 heterocycles. The van der Waals surface area contributed by atoms with Gasteiger partial charge in [-0.2, -0.15) is 0 Å². The predicted octanol–water partition coefficient (Wildman–Crippen LogP) is 2.41. The van der Waals surface area contributed by atoms with E-state index in [9.17, 15) is 4.79 Å². The fourth-order valence-corrected chi connectivity index (χ4v) is 2.88. The number of nitrogens with one attached hydrogen (secondary N) is 1. The van der Waals surface area contributed by atoms with Crippen LogP contribution in [0.15, 0.2) is 60.7 Å². The highest BCUT2D eigenvalue weighted by Crippen LogP contribution is 2.53. The smallest absolute Gasteiger partial charge is 0.312 e. The maximum absolute atomic E-state index is 11.1. The van der Waals surface area contributed by atoms with Crippen LogP contribution in [0, 0.1) is 0 Å². The van der Waals surface area contributed by atoms with Crippen molar-refractivity contribution in [2.75, 3.05) is 0 Å². The monoisotopic (exact) mass is 252 g/mol. The largest absolute Gasteiger partial charge is 0.352 e. The number of carbonyl (C=O) groups excluding carboxylic acids is 1. The lowest BCUT2D eigenvalue weighted by molar-refractivity contribution is 0.248. The summed E-state index contributed by atoms with van der Waals surface area (Å²) in [5, 5.41) is 2.84. The highest BCUT2D eigenvalue weighted by atomic mass is 16.2. The zero-order chi connectivity index (χ0) is 13.3. The van der Waals surface area contributed by atoms with Crippen LogP contribution in [-0.2, 0) is 5.41 Å². The van der Waals surface area contributed by atoms with E-state index in [4.69, 9.17) is 5.73 Å². The third kappa shape index (κ3) is 1.97. The Kier molecular flexibility index (Phi) is 2.75. The number of carbonyl (C=O) groups is 1. The van der Waals surface area contributed by atoms with E-state index in [1.54, 1.807) is 0 Å². The summed E-state index contributed by atoms with van der Waals surface area (Å²) >= 11 is 0. The lowest BCUT2D eigenvalue weighted by Crippen LogP contribution is -2.35. The van der Waals surface area contributed by atoms with Crippen molar-refractivity contribution in [3.05, 3.63) is 71.8 Å². The molecule has 19 heavy (non-hydrogen) atoms. The van der Waals surface area contributed by atoms with Crippen molar-refractivity contribution in [2.45, 2.75) is 17.9 Å². The van der Waals surface area contributed by atoms with Gasteiger partial charge in [-0.1, -0.05) is 60.7 Å². The normalized spacial score (nSPS) is 19.7. The molecule has 3 N–H and O–H groups in total. The van der Waals surface area contributed by atoms with Crippen LogP contribution >= 0.6 is 0 Å². The van der Waals surface area contributed by atoms with Crippen LogP contribution < -0.4 is 11.1 Å². The molecular weight excluding hydrogens is 236 g/mol. The minimum absolute atomic E-state index is 0.0785. The Bertz CT molecular complexity index is 541. The summed E-state index contributed by atoms with van der Waals surface area (Å²) in [4.78, 5) is 11.1. The molecule has 3 nitrogen and oxygen atoms in total. The van der Waals surface area contributed by atoms with Crippen LogP contribution in [0.25, 0.3) is 0 Å². The Labute approximate surface area is 112 Å². The van der Waals surface area contributed by atoms with Gasteiger partial charge in [-0.25, -0.2) is 4.79 Å². The third-order valence-electron chi connectivity index (χ3n) is 3.86. The van der Waals surface area contributed by atoms with Crippen molar-refractivity contribution >= 4 is 6.03 Å². The van der Waals surface area contributed by atoms with E-state index < -0.39 is 6.03 Å². The van der Waals surface area contributed by atoms with Crippen molar-refractivity contribution < 1.29 is 4.79 Å². The number of amides is 2. The molecule has 1 saturated carbocycles. The van der Waals surface area contributed by atoms with Crippen LogP contribution in [0.2, 0.25) is 0 Å². The molecule has 0 saturated heterocycles. The maximum atomic E-state index is 11.1. The molecule has 1 aliphatic carbocycles. The van der Waals surface area contributed by atoms with Crippen molar-refractivity contribution in [3.8, 4) is 0 Å². The summed E-state index contributed by atoms with van der Waals surface area (Å²) in [6.45, 7) is 0. The van der Waals surface area contributed by atoms with Crippen molar-refractivity contribution in [1.29, 1.82) is 0 Å². The molecule has 2 aromatic rings. The number of rotatable bonds is 3. The molecule has 2 amide bonds. The van der Waals surface area contributed by atoms with Crippen molar-refractivity contribution in [2.24, 2.45) is 5.73 Å². The second kappa shape index (κ2) is 4.43. The quantitative estimate of drug-likeness (QED) is 0.866. The molecule has 2 aromatic carbocycles. The van der Waals surface area contributed by atoms with Gasteiger partial charge in [-0.05, 0) is 17.5 Å². The molecule has 1 atom stereocenters. The summed E-state index contributed by atoms with van der Waals surface area (Å²) in [7, 11) is 0. The molecule has 1 unspecified atom stereocenters. The first-order valence-electron chi connectivity index (χ1n) is 6.40. The van der Waals surface area contributed by atoms with Gasteiger partial charge in [0.1, 0.15) is 0 Å². The number of hydrogen-bond donors (Lipinski definition) is 2. The Morgan fingerprint density at radius 1 is 1.00 bits per heavy atom. The van der Waals surface area contributed by atoms with Gasteiger partial charge in [0.25, 0.3) is 0 Å². The molecule has 1 aliphatic rings. The highest BCUT2D eigenvalue weighted by Gasteiger charge is 2.57. The van der Waals surface area contributed by atoms with Crippen molar-refractivity contribution in [1.82, 2.24) is 5.32 Å². The third-order valence-corrected chi connectivity index (χ3v) is 3.86. The SMILES string of the molecule is NC(=O)NC1CC1(c1ccccc1)c1ccccc1. The Balaban J connectivity index is 2.02. The first kappa shape index (κ1) is 11.8. The molecule has 0 spiro atoms. The Morgan fingerprint density at radius 2 is 1.47 bits per heavy atom. The number of benzene rings is 2. The maximum Gasteiger partial charge on any atom is 0.312 e. The molecule has 1 fully saturated rings. The van der Waals surface area contributed by atoms with Crippen molar-refractivity contribution in [3.63, 3.8) is 0 Å². The van der Waals surface area contributed by atoms with Crippen LogP contribution in [0.1, 0.15) is 17.5 Å². The summed E-state index contributed by atoms with van der Waals surface area (Å²) in [6, 6.07) is 20.2. The number of nitrogens with two attached hydrogens (primary N) is 1. The van der Waals surface area contributed by atoms with Gasteiger partial charge in [0, 0.05) is 11.5 Å². The second-order valence-electron chi connectivity index (χ2n) is 4.97. The van der Waals surface area contributed by atoms with Gasteiger partial charge < -0.3 is 11.1 Å². The first-order chi connectivity index (χ1) is 9.23. The minimum Gasteiger partial charge on any atom is -0.352 e. The van der Waals surface area contributed by atoms with Crippen LogP contribution in [0.4, 0.5) is 4.79 Å². The average Bonchev–Trinajstić information content (AvgIpc) is 3.15. The summed E-state index contributed by atoms with van der Waals surface area (Å²) < 4.78 is 0. The van der Waals surface area contributed by atoms with E-state index in [1.165, 1.54) is 11.1 Å². The fourth-order valence-electron chi connectivity index (χ4n) is 2.88. The lowest BCUT2D eigenvalue weighted by Gasteiger charge is -2.19. The lowest BCUT2D eigenvalue weighted by atomic mass is 9.87. The van der Waals surface area contributed by atoms with Gasteiger partial charge in [-0.15, -0.1) is 0 Å². The summed E-state index contributed by atoms with van der Waals surface area (Å²) in [5.74, 6) is 0. The standard InChI is InChI=1S/C16H16N2O/c17-15(19)18-14-11-16(14,12-7-3-1-4-8-12)13-9-5-2-6-10-13/h1-10,14H,11H2,(H3,17,18,19). The molecular formula is C16H16N2O. The molecule has 0 aliphatic heterocycles. The van der Waals surface area contributed by atoms with E-state index in [-0.39, 0.29) is 11.5 Å². The Morgan fingerprint density at radius 3 is 1.89 bits per heavy atom. The van der Waals surface area contributed by atoms with Crippen LogP contribution in [0.3, 0.4) is 0 Å². The molecule has 0 radical (unpaired) electrons. The second-order valence-corrected chi connectivity index (χ2v) is 4.97. The zero-order valence-electron chi connectivity index (χ0n) is 10.5. The first-order valence-corrected chi connectivity index (χ1v) is 6.40. The van der Waals surface area contributed by atoms with Gasteiger partial charge in [0.2, 0.25) is 0 Å². The van der Waals surface area contributed by atoms with E-state index in [2.05, 4.69) is 29.6 Å². The van der Waals surface area contributed by atoms with E-state index >= 15 is 0 Å². The van der Waals surface area contributed by atoms with Gasteiger partial charge in [0.05, 0.1) is 0 Å². The summed E-state index contributed by atoms with van der Waals surface area (Å²) in [5.41, 5.74) is 7.58. The topological polar surface area (TPSA) is 55.1 Å². The van der Waals surface area contributed by atoms with Gasteiger partial charge in [0.15, 0.2) is 0 Å². The van der Waals surface area contributed by atoms with E-state index in [0.29, 0.717) is 0 Å².